The highest BCUT2D eigenvalue weighted by molar-refractivity contribution is 5.85. The Kier molecular flexibility index (Phi) is 9.13. The van der Waals surface area contributed by atoms with Gasteiger partial charge in [-0.2, -0.15) is 0 Å². The summed E-state index contributed by atoms with van der Waals surface area (Å²) in [4.78, 5) is 31.1. The summed E-state index contributed by atoms with van der Waals surface area (Å²) in [6, 6.07) is 0.0681. The maximum absolute atomic E-state index is 12.9. The molecular weight excluding hydrogens is 375 g/mol. The Morgan fingerprint density at radius 2 is 1.58 bits per heavy atom. The molecule has 0 aromatic carbocycles. The molecule has 4 atom stereocenters. The van der Waals surface area contributed by atoms with Gasteiger partial charge in [0.2, 0.25) is 11.8 Å². The fourth-order valence-corrected chi connectivity index (χ4v) is 4.91. The number of carbonyl (C=O) groups excluding carboxylic acids is 2. The minimum atomic E-state index is 0. The summed E-state index contributed by atoms with van der Waals surface area (Å²) >= 11 is 0. The van der Waals surface area contributed by atoms with Gasteiger partial charge < -0.3 is 15.5 Å². The molecule has 3 fully saturated rings. The lowest BCUT2D eigenvalue weighted by Crippen LogP contribution is -2.55. The van der Waals surface area contributed by atoms with Gasteiger partial charge in [-0.15, -0.1) is 24.8 Å². The topological polar surface area (TPSA) is 69.9 Å². The number of nitrogens with two attached hydrogens (primary N) is 1. The number of halogens is 2. The quantitative estimate of drug-likeness (QED) is 0.741. The molecule has 1 aliphatic heterocycles. The van der Waals surface area contributed by atoms with Crippen LogP contribution in [-0.4, -0.2) is 78.4 Å². The third-order valence-electron chi connectivity index (χ3n) is 6.42. The van der Waals surface area contributed by atoms with Crippen LogP contribution in [0.5, 0.6) is 0 Å². The molecule has 1 heterocycles. The number of carbonyl (C=O) groups is 2. The summed E-state index contributed by atoms with van der Waals surface area (Å²) in [5.74, 6) is 1.59. The van der Waals surface area contributed by atoms with E-state index in [0.717, 1.165) is 45.7 Å². The molecule has 0 aromatic heterocycles. The molecule has 6 nitrogen and oxygen atoms in total. The van der Waals surface area contributed by atoms with Gasteiger partial charge in [0.1, 0.15) is 0 Å². The van der Waals surface area contributed by atoms with E-state index in [1.165, 1.54) is 12.8 Å². The van der Waals surface area contributed by atoms with Crippen molar-refractivity contribution < 1.29 is 9.59 Å². The number of rotatable bonds is 5. The third kappa shape index (κ3) is 4.64. The monoisotopic (exact) mass is 408 g/mol. The first-order valence-corrected chi connectivity index (χ1v) is 9.59. The molecule has 2 aliphatic carbocycles. The van der Waals surface area contributed by atoms with E-state index < -0.39 is 0 Å². The predicted octanol–water partition coefficient (Wildman–Crippen LogP) is 1.22. The number of fused-ring (bicyclic) bond motifs is 2. The fraction of sp³-hybridized carbons (Fsp3) is 0.889. The number of piperazine rings is 1. The largest absolute Gasteiger partial charge is 0.342 e. The zero-order valence-corrected chi connectivity index (χ0v) is 17.6. The molecule has 2 saturated carbocycles. The van der Waals surface area contributed by atoms with Crippen molar-refractivity contribution >= 4 is 36.6 Å². The first-order chi connectivity index (χ1) is 11.5. The first kappa shape index (κ1) is 23.5. The minimum Gasteiger partial charge on any atom is -0.342 e. The second kappa shape index (κ2) is 10.1. The van der Waals surface area contributed by atoms with Crippen molar-refractivity contribution in [3.8, 4) is 0 Å². The van der Waals surface area contributed by atoms with Gasteiger partial charge >= 0.3 is 0 Å². The number of amides is 2. The van der Waals surface area contributed by atoms with Crippen LogP contribution in [0.4, 0.5) is 0 Å². The lowest BCUT2D eigenvalue weighted by Gasteiger charge is -2.38. The van der Waals surface area contributed by atoms with Crippen LogP contribution in [0, 0.1) is 17.8 Å². The molecule has 152 valence electrons. The second-order valence-corrected chi connectivity index (χ2v) is 7.60. The van der Waals surface area contributed by atoms with E-state index in [1.54, 1.807) is 0 Å². The number of likely N-dealkylation sites (N-methyl/N-ethyl adjacent to an activating group) is 1. The highest BCUT2D eigenvalue weighted by Crippen LogP contribution is 2.48. The van der Waals surface area contributed by atoms with Crippen LogP contribution in [0.2, 0.25) is 0 Å². The predicted molar refractivity (Wildman–Crippen MR) is 108 cm³/mol. The van der Waals surface area contributed by atoms with Crippen LogP contribution in [-0.2, 0) is 9.59 Å². The minimum absolute atomic E-state index is 0. The zero-order chi connectivity index (χ0) is 17.3. The molecule has 3 aliphatic rings. The maximum atomic E-state index is 12.9. The third-order valence-corrected chi connectivity index (χ3v) is 6.42. The lowest BCUT2D eigenvalue weighted by molar-refractivity contribution is -0.140. The first-order valence-electron chi connectivity index (χ1n) is 9.59. The van der Waals surface area contributed by atoms with Crippen molar-refractivity contribution in [3.63, 3.8) is 0 Å². The highest BCUT2D eigenvalue weighted by Gasteiger charge is 2.50. The van der Waals surface area contributed by atoms with Crippen LogP contribution < -0.4 is 5.73 Å². The van der Waals surface area contributed by atoms with Gasteiger partial charge in [-0.1, -0.05) is 0 Å². The zero-order valence-electron chi connectivity index (χ0n) is 15.9. The van der Waals surface area contributed by atoms with Gasteiger partial charge in [-0.25, -0.2) is 0 Å². The highest BCUT2D eigenvalue weighted by atomic mass is 35.5. The van der Waals surface area contributed by atoms with Crippen molar-refractivity contribution in [2.24, 2.45) is 23.5 Å². The summed E-state index contributed by atoms with van der Waals surface area (Å²) in [6.45, 7) is 9.04. The van der Waals surface area contributed by atoms with Crippen molar-refractivity contribution in [1.82, 2.24) is 14.7 Å². The van der Waals surface area contributed by atoms with Crippen LogP contribution in [0.25, 0.3) is 0 Å². The van der Waals surface area contributed by atoms with Crippen LogP contribution in [0.15, 0.2) is 0 Å². The molecule has 4 unspecified atom stereocenters. The molecule has 1 saturated heterocycles. The van der Waals surface area contributed by atoms with Crippen LogP contribution in [0.3, 0.4) is 0 Å². The molecule has 0 spiro atoms. The summed E-state index contributed by atoms with van der Waals surface area (Å²) in [5, 5.41) is 0. The van der Waals surface area contributed by atoms with Crippen LogP contribution >= 0.6 is 24.8 Å². The van der Waals surface area contributed by atoms with Gasteiger partial charge in [0.25, 0.3) is 0 Å². The van der Waals surface area contributed by atoms with Crippen molar-refractivity contribution in [2.45, 2.75) is 39.2 Å². The number of hydrogen-bond donors (Lipinski definition) is 1. The van der Waals surface area contributed by atoms with Gasteiger partial charge in [-0.3, -0.25) is 14.5 Å². The van der Waals surface area contributed by atoms with Gasteiger partial charge in [0, 0.05) is 45.3 Å². The smallest absolute Gasteiger partial charge is 0.236 e. The standard InChI is InChI=1S/C18H32N4O2.2ClH/c1-3-21(4-2)15(23)12-20-7-9-22(10-8-20)18(24)16-13-5-6-14(11-13)17(16)19;;/h13-14,16-17H,3-12,19H2,1-2H3;2*1H. The van der Waals surface area contributed by atoms with Gasteiger partial charge in [-0.05, 0) is 44.9 Å². The van der Waals surface area contributed by atoms with Crippen molar-refractivity contribution in [3.05, 3.63) is 0 Å². The molecule has 2 bridgehead atoms. The Balaban J connectivity index is 0.00000169. The summed E-state index contributed by atoms with van der Waals surface area (Å²) < 4.78 is 0. The van der Waals surface area contributed by atoms with E-state index in [4.69, 9.17) is 5.73 Å². The molecule has 0 aromatic rings. The fourth-order valence-electron chi connectivity index (χ4n) is 4.91. The Hall–Kier alpha value is -0.560. The Morgan fingerprint density at radius 3 is 2.08 bits per heavy atom. The average molecular weight is 409 g/mol. The normalized spacial score (nSPS) is 30.5. The molecule has 26 heavy (non-hydrogen) atoms. The molecule has 0 radical (unpaired) electrons. The van der Waals surface area contributed by atoms with Crippen LogP contribution in [0.1, 0.15) is 33.1 Å². The molecule has 8 heteroatoms. The Labute approximate surface area is 169 Å². The summed E-state index contributed by atoms with van der Waals surface area (Å²) in [6.07, 6.45) is 3.53. The molecule has 2 N–H and O–H groups in total. The van der Waals surface area contributed by atoms with E-state index in [-0.39, 0.29) is 48.6 Å². The molecule has 2 amide bonds. The van der Waals surface area contributed by atoms with E-state index in [9.17, 15) is 9.59 Å². The summed E-state index contributed by atoms with van der Waals surface area (Å²) in [7, 11) is 0. The van der Waals surface area contributed by atoms with E-state index in [0.29, 0.717) is 18.4 Å². The number of nitrogens with zero attached hydrogens (tertiary/aromatic N) is 3. The van der Waals surface area contributed by atoms with E-state index >= 15 is 0 Å². The van der Waals surface area contributed by atoms with E-state index in [1.807, 2.05) is 23.6 Å². The van der Waals surface area contributed by atoms with Gasteiger partial charge in [0.15, 0.2) is 0 Å². The van der Waals surface area contributed by atoms with Crippen molar-refractivity contribution in [2.75, 3.05) is 45.8 Å². The van der Waals surface area contributed by atoms with Crippen molar-refractivity contribution in [1.29, 1.82) is 0 Å². The van der Waals surface area contributed by atoms with E-state index in [2.05, 4.69) is 4.90 Å². The Bertz CT molecular complexity index is 480. The Morgan fingerprint density at radius 1 is 1.00 bits per heavy atom. The van der Waals surface area contributed by atoms with Gasteiger partial charge in [0.05, 0.1) is 12.5 Å². The lowest BCUT2D eigenvalue weighted by atomic mass is 9.84. The SMILES string of the molecule is CCN(CC)C(=O)CN1CCN(C(=O)C2C3CCC(C3)C2N)CC1.Cl.Cl. The summed E-state index contributed by atoms with van der Waals surface area (Å²) in [5.41, 5.74) is 6.32. The average Bonchev–Trinajstić information content (AvgIpc) is 3.17. The number of hydrogen-bond acceptors (Lipinski definition) is 4. The molecular formula is C18H34Cl2N4O2. The second-order valence-electron chi connectivity index (χ2n) is 7.60. The molecule has 3 rings (SSSR count). The maximum Gasteiger partial charge on any atom is 0.236 e.